The van der Waals surface area contributed by atoms with E-state index in [1.807, 2.05) is 42.5 Å². The lowest BCUT2D eigenvalue weighted by Gasteiger charge is -2.00. The third kappa shape index (κ3) is 3.65. The number of aromatic nitrogens is 2. The second-order valence-electron chi connectivity index (χ2n) is 4.98. The molecule has 0 unspecified atom stereocenters. The van der Waals surface area contributed by atoms with E-state index < -0.39 is 5.97 Å². The van der Waals surface area contributed by atoms with Crippen LogP contribution in [0, 0.1) is 11.8 Å². The van der Waals surface area contributed by atoms with Crippen molar-refractivity contribution in [1.29, 1.82) is 0 Å². The van der Waals surface area contributed by atoms with E-state index in [4.69, 9.17) is 0 Å². The van der Waals surface area contributed by atoms with Crippen LogP contribution in [0.25, 0.3) is 11.1 Å². The van der Waals surface area contributed by atoms with Crippen LogP contribution in [0.1, 0.15) is 21.7 Å². The molecule has 24 heavy (non-hydrogen) atoms. The predicted octanol–water partition coefficient (Wildman–Crippen LogP) is 3.33. The summed E-state index contributed by atoms with van der Waals surface area (Å²) in [6.45, 7) is 0. The molecule has 0 aliphatic rings. The van der Waals surface area contributed by atoms with E-state index in [0.717, 1.165) is 11.1 Å². The molecular weight excluding hydrogens is 300 g/mol. The van der Waals surface area contributed by atoms with Crippen LogP contribution in [0.3, 0.4) is 0 Å². The summed E-state index contributed by atoms with van der Waals surface area (Å²) in [5.74, 6) is 5.78. The van der Waals surface area contributed by atoms with Gasteiger partial charge in [-0.1, -0.05) is 48.4 Å². The van der Waals surface area contributed by atoms with Crippen molar-refractivity contribution in [2.75, 3.05) is 7.11 Å². The van der Waals surface area contributed by atoms with Gasteiger partial charge in [0.25, 0.3) is 0 Å². The maximum Gasteiger partial charge on any atom is 0.341 e. The summed E-state index contributed by atoms with van der Waals surface area (Å²) in [4.78, 5) is 19.4. The number of hydrogen-bond acceptors (Lipinski definition) is 4. The van der Waals surface area contributed by atoms with Crippen LogP contribution in [-0.2, 0) is 4.74 Å². The molecule has 4 nitrogen and oxygen atoms in total. The van der Waals surface area contributed by atoms with Crippen molar-refractivity contribution in [3.8, 4) is 23.0 Å². The topological polar surface area (TPSA) is 52.1 Å². The molecule has 2 aromatic carbocycles. The Kier molecular flexibility index (Phi) is 4.64. The SMILES string of the molecule is COC(=O)c1cnc(C#Cc2ccc(-c3ccccc3)cc2)nc1. The fourth-order valence-corrected chi connectivity index (χ4v) is 2.12. The zero-order valence-electron chi connectivity index (χ0n) is 13.1. The highest BCUT2D eigenvalue weighted by atomic mass is 16.5. The number of carbonyl (C=O) groups excluding carboxylic acids is 1. The maximum absolute atomic E-state index is 11.3. The lowest BCUT2D eigenvalue weighted by molar-refractivity contribution is 0.0599. The van der Waals surface area contributed by atoms with Crippen molar-refractivity contribution in [3.63, 3.8) is 0 Å². The smallest absolute Gasteiger partial charge is 0.341 e. The molecule has 0 atom stereocenters. The van der Waals surface area contributed by atoms with Gasteiger partial charge in [-0.15, -0.1) is 0 Å². The molecule has 0 spiro atoms. The third-order valence-corrected chi connectivity index (χ3v) is 3.38. The summed E-state index contributed by atoms with van der Waals surface area (Å²) < 4.78 is 4.60. The summed E-state index contributed by atoms with van der Waals surface area (Å²) >= 11 is 0. The summed E-state index contributed by atoms with van der Waals surface area (Å²) in [5.41, 5.74) is 3.48. The van der Waals surface area contributed by atoms with Crippen molar-refractivity contribution in [3.05, 3.63) is 83.9 Å². The molecule has 0 aliphatic heterocycles. The minimum absolute atomic E-state index is 0.301. The Balaban J connectivity index is 1.75. The number of benzene rings is 2. The first-order valence-electron chi connectivity index (χ1n) is 7.34. The Labute approximate surface area is 140 Å². The number of hydrogen-bond donors (Lipinski definition) is 0. The molecule has 3 aromatic rings. The fraction of sp³-hybridized carbons (Fsp3) is 0.0500. The zero-order chi connectivity index (χ0) is 16.8. The van der Waals surface area contributed by atoms with Crippen LogP contribution in [0.5, 0.6) is 0 Å². The summed E-state index contributed by atoms with van der Waals surface area (Å²) in [6, 6.07) is 18.1. The quantitative estimate of drug-likeness (QED) is 0.538. The molecular formula is C20H14N2O2. The molecule has 0 saturated carbocycles. The van der Waals surface area contributed by atoms with Crippen LogP contribution in [0.15, 0.2) is 67.0 Å². The van der Waals surface area contributed by atoms with Crippen LogP contribution in [0.2, 0.25) is 0 Å². The molecule has 0 aliphatic carbocycles. The van der Waals surface area contributed by atoms with Gasteiger partial charge in [-0.3, -0.25) is 0 Å². The Bertz CT molecular complexity index is 890. The maximum atomic E-state index is 11.3. The summed E-state index contributed by atoms with van der Waals surface area (Å²) in [7, 11) is 1.31. The van der Waals surface area contributed by atoms with Crippen molar-refractivity contribution in [2.45, 2.75) is 0 Å². The monoisotopic (exact) mass is 314 g/mol. The van der Waals surface area contributed by atoms with Crippen LogP contribution >= 0.6 is 0 Å². The molecule has 0 amide bonds. The number of esters is 1. The van der Waals surface area contributed by atoms with E-state index in [1.165, 1.54) is 25.1 Å². The van der Waals surface area contributed by atoms with Crippen molar-refractivity contribution in [2.24, 2.45) is 0 Å². The van der Waals surface area contributed by atoms with Crippen LogP contribution < -0.4 is 0 Å². The summed E-state index contributed by atoms with van der Waals surface area (Å²) in [6.07, 6.45) is 2.81. The normalized spacial score (nSPS) is 9.71. The fourth-order valence-electron chi connectivity index (χ4n) is 2.12. The van der Waals surface area contributed by atoms with Crippen molar-refractivity contribution >= 4 is 5.97 Å². The van der Waals surface area contributed by atoms with Gasteiger partial charge < -0.3 is 4.74 Å². The molecule has 116 valence electrons. The van der Waals surface area contributed by atoms with E-state index in [2.05, 4.69) is 38.7 Å². The van der Waals surface area contributed by atoms with Gasteiger partial charge in [0.2, 0.25) is 5.82 Å². The van der Waals surface area contributed by atoms with E-state index in [1.54, 1.807) is 0 Å². The molecule has 0 fully saturated rings. The molecule has 0 saturated heterocycles. The van der Waals surface area contributed by atoms with Gasteiger partial charge in [0.15, 0.2) is 0 Å². The van der Waals surface area contributed by atoms with Gasteiger partial charge in [-0.2, -0.15) is 0 Å². The molecule has 3 rings (SSSR count). The van der Waals surface area contributed by atoms with Crippen molar-refractivity contribution in [1.82, 2.24) is 9.97 Å². The molecule has 4 heteroatoms. The number of nitrogens with zero attached hydrogens (tertiary/aromatic N) is 2. The first-order chi connectivity index (χ1) is 11.8. The lowest BCUT2D eigenvalue weighted by Crippen LogP contribution is -2.03. The largest absolute Gasteiger partial charge is 0.465 e. The minimum Gasteiger partial charge on any atom is -0.465 e. The first kappa shape index (κ1) is 15.4. The molecule has 1 aromatic heterocycles. The Morgan fingerprint density at radius 2 is 1.50 bits per heavy atom. The molecule has 0 N–H and O–H groups in total. The van der Waals surface area contributed by atoms with Gasteiger partial charge in [0.1, 0.15) is 0 Å². The number of ether oxygens (including phenoxy) is 1. The molecule has 1 heterocycles. The van der Waals surface area contributed by atoms with E-state index >= 15 is 0 Å². The van der Waals surface area contributed by atoms with E-state index in [-0.39, 0.29) is 0 Å². The van der Waals surface area contributed by atoms with Gasteiger partial charge in [-0.25, -0.2) is 14.8 Å². The number of carbonyl (C=O) groups is 1. The molecule has 0 radical (unpaired) electrons. The minimum atomic E-state index is -0.467. The number of rotatable bonds is 2. The highest BCUT2D eigenvalue weighted by Gasteiger charge is 2.05. The van der Waals surface area contributed by atoms with Gasteiger partial charge in [0.05, 0.1) is 12.7 Å². The average Bonchev–Trinajstić information content (AvgIpc) is 2.67. The third-order valence-electron chi connectivity index (χ3n) is 3.38. The standard InChI is InChI=1S/C20H14N2O2/c1-24-20(23)18-13-21-19(22-14-18)12-9-15-7-10-17(11-8-15)16-5-3-2-4-6-16/h2-8,10-11,13-14H,1H3. The predicted molar refractivity (Wildman–Crippen MR) is 91.2 cm³/mol. The lowest BCUT2D eigenvalue weighted by atomic mass is 10.0. The van der Waals surface area contributed by atoms with E-state index in [0.29, 0.717) is 11.4 Å². The zero-order valence-corrected chi connectivity index (χ0v) is 13.1. The Morgan fingerprint density at radius 3 is 2.12 bits per heavy atom. The van der Waals surface area contributed by atoms with Crippen LogP contribution in [0.4, 0.5) is 0 Å². The van der Waals surface area contributed by atoms with E-state index in [9.17, 15) is 4.79 Å². The second-order valence-corrected chi connectivity index (χ2v) is 4.98. The molecule has 0 bridgehead atoms. The average molecular weight is 314 g/mol. The van der Waals surface area contributed by atoms with Crippen molar-refractivity contribution < 1.29 is 9.53 Å². The second kappa shape index (κ2) is 7.21. The Hall–Kier alpha value is -3.45. The highest BCUT2D eigenvalue weighted by Crippen LogP contribution is 2.18. The van der Waals surface area contributed by atoms with Gasteiger partial charge >= 0.3 is 5.97 Å². The number of methoxy groups -OCH3 is 1. The highest BCUT2D eigenvalue weighted by molar-refractivity contribution is 5.88. The van der Waals surface area contributed by atoms with Gasteiger partial charge in [0, 0.05) is 18.0 Å². The van der Waals surface area contributed by atoms with Gasteiger partial charge in [-0.05, 0) is 29.2 Å². The van der Waals surface area contributed by atoms with Crippen LogP contribution in [-0.4, -0.2) is 23.0 Å². The Morgan fingerprint density at radius 1 is 0.875 bits per heavy atom. The first-order valence-corrected chi connectivity index (χ1v) is 7.34. The summed E-state index contributed by atoms with van der Waals surface area (Å²) in [5, 5.41) is 0.